The fourth-order valence-electron chi connectivity index (χ4n) is 1.88. The molecule has 0 fully saturated rings. The Kier molecular flexibility index (Phi) is 4.51. The van der Waals surface area contributed by atoms with E-state index in [4.69, 9.17) is 17.4 Å². The Labute approximate surface area is 124 Å². The summed E-state index contributed by atoms with van der Waals surface area (Å²) in [6, 6.07) is 7.05. The monoisotopic (exact) mass is 315 g/mol. The molecular formula is C14H13ClF3N3. The van der Waals surface area contributed by atoms with Crippen molar-refractivity contribution in [3.05, 3.63) is 63.9 Å². The molecule has 21 heavy (non-hydrogen) atoms. The van der Waals surface area contributed by atoms with E-state index in [1.54, 1.807) is 12.1 Å². The number of nitrogens with two attached hydrogens (primary N) is 1. The SMILES string of the molecule is Cc1ccc(C(NN)c2ccc(C(F)(F)F)cn2)cc1Cl. The van der Waals surface area contributed by atoms with Gasteiger partial charge < -0.3 is 0 Å². The van der Waals surface area contributed by atoms with Gasteiger partial charge in [-0.3, -0.25) is 10.8 Å². The van der Waals surface area contributed by atoms with Crippen LogP contribution in [0.15, 0.2) is 36.5 Å². The summed E-state index contributed by atoms with van der Waals surface area (Å²) in [7, 11) is 0. The van der Waals surface area contributed by atoms with Crippen LogP contribution in [0.25, 0.3) is 0 Å². The molecule has 1 heterocycles. The van der Waals surface area contributed by atoms with E-state index in [2.05, 4.69) is 10.4 Å². The molecule has 0 amide bonds. The quantitative estimate of drug-likeness (QED) is 0.672. The molecule has 2 rings (SSSR count). The zero-order valence-corrected chi connectivity index (χ0v) is 11.8. The number of halogens is 4. The maximum Gasteiger partial charge on any atom is 0.417 e. The van der Waals surface area contributed by atoms with Gasteiger partial charge in [-0.15, -0.1) is 0 Å². The lowest BCUT2D eigenvalue weighted by Gasteiger charge is -2.17. The highest BCUT2D eigenvalue weighted by Crippen LogP contribution is 2.30. The van der Waals surface area contributed by atoms with Crippen LogP contribution in [0, 0.1) is 6.92 Å². The molecule has 2 aromatic rings. The van der Waals surface area contributed by atoms with Crippen molar-refractivity contribution in [2.45, 2.75) is 19.1 Å². The van der Waals surface area contributed by atoms with Crippen LogP contribution in [0.4, 0.5) is 13.2 Å². The van der Waals surface area contributed by atoms with Crippen LogP contribution >= 0.6 is 11.6 Å². The number of nitrogens with zero attached hydrogens (tertiary/aromatic N) is 1. The normalized spacial score (nSPS) is 13.2. The first kappa shape index (κ1) is 15.8. The molecule has 0 spiro atoms. The smallest absolute Gasteiger partial charge is 0.271 e. The highest BCUT2D eigenvalue weighted by atomic mass is 35.5. The third-order valence-corrected chi connectivity index (χ3v) is 3.51. The minimum atomic E-state index is -4.41. The van der Waals surface area contributed by atoms with Crippen molar-refractivity contribution in [1.82, 2.24) is 10.4 Å². The second-order valence-corrected chi connectivity index (χ2v) is 4.98. The van der Waals surface area contributed by atoms with Gasteiger partial charge in [0.05, 0.1) is 17.3 Å². The average molecular weight is 316 g/mol. The fraction of sp³-hybridized carbons (Fsp3) is 0.214. The van der Waals surface area contributed by atoms with Crippen molar-refractivity contribution in [3.8, 4) is 0 Å². The second kappa shape index (κ2) is 6.01. The molecule has 0 bridgehead atoms. The number of aryl methyl sites for hydroxylation is 1. The topological polar surface area (TPSA) is 50.9 Å². The maximum absolute atomic E-state index is 12.5. The number of benzene rings is 1. The summed E-state index contributed by atoms with van der Waals surface area (Å²) in [5, 5.41) is 0.555. The minimum absolute atomic E-state index is 0.380. The van der Waals surface area contributed by atoms with Crippen LogP contribution in [0.5, 0.6) is 0 Å². The predicted molar refractivity (Wildman–Crippen MR) is 74.6 cm³/mol. The summed E-state index contributed by atoms with van der Waals surface area (Å²) in [6.07, 6.45) is -3.63. The molecule has 0 aliphatic heterocycles. The third kappa shape index (κ3) is 3.53. The molecule has 3 N–H and O–H groups in total. The molecule has 1 atom stereocenters. The van der Waals surface area contributed by atoms with E-state index < -0.39 is 17.8 Å². The first-order valence-corrected chi connectivity index (χ1v) is 6.46. The van der Waals surface area contributed by atoms with Crippen LogP contribution in [0.1, 0.15) is 28.4 Å². The first-order valence-electron chi connectivity index (χ1n) is 6.08. The largest absolute Gasteiger partial charge is 0.417 e. The molecule has 7 heteroatoms. The Balaban J connectivity index is 2.35. The summed E-state index contributed by atoms with van der Waals surface area (Å²) in [5.74, 6) is 5.49. The predicted octanol–water partition coefficient (Wildman–Crippen LogP) is 3.61. The first-order chi connectivity index (χ1) is 9.82. The van der Waals surface area contributed by atoms with E-state index >= 15 is 0 Å². The van der Waals surface area contributed by atoms with Gasteiger partial charge in [-0.2, -0.15) is 13.2 Å². The summed E-state index contributed by atoms with van der Waals surface area (Å²) in [6.45, 7) is 1.85. The zero-order valence-electron chi connectivity index (χ0n) is 11.1. The van der Waals surface area contributed by atoms with E-state index in [-0.39, 0.29) is 0 Å². The standard InChI is InChI=1S/C14H13ClF3N3/c1-8-2-3-9(6-11(8)15)13(21-19)12-5-4-10(7-20-12)14(16,17)18/h2-7,13,21H,19H2,1H3. The average Bonchev–Trinajstić information content (AvgIpc) is 2.43. The van der Waals surface area contributed by atoms with Crippen molar-refractivity contribution in [3.63, 3.8) is 0 Å². The molecule has 1 unspecified atom stereocenters. The van der Waals surface area contributed by atoms with Crippen molar-refractivity contribution in [2.24, 2.45) is 5.84 Å². The molecule has 0 aliphatic rings. The molecule has 3 nitrogen and oxygen atoms in total. The lowest BCUT2D eigenvalue weighted by molar-refractivity contribution is -0.137. The van der Waals surface area contributed by atoms with Crippen LogP contribution in [-0.4, -0.2) is 4.98 Å². The highest BCUT2D eigenvalue weighted by Gasteiger charge is 2.31. The Bertz CT molecular complexity index is 626. The molecule has 0 saturated carbocycles. The second-order valence-electron chi connectivity index (χ2n) is 4.58. The van der Waals surface area contributed by atoms with Gasteiger partial charge in [0.15, 0.2) is 0 Å². The van der Waals surface area contributed by atoms with Gasteiger partial charge in [-0.1, -0.05) is 23.7 Å². The van der Waals surface area contributed by atoms with Crippen LogP contribution < -0.4 is 11.3 Å². The Morgan fingerprint density at radius 1 is 1.24 bits per heavy atom. The number of hydrogen-bond donors (Lipinski definition) is 2. The van der Waals surface area contributed by atoms with Gasteiger partial charge in [0, 0.05) is 11.2 Å². The molecule has 0 aliphatic carbocycles. The molecule has 1 aromatic carbocycles. The fourth-order valence-corrected chi connectivity index (χ4v) is 2.07. The van der Waals surface area contributed by atoms with Crippen molar-refractivity contribution >= 4 is 11.6 Å². The highest BCUT2D eigenvalue weighted by molar-refractivity contribution is 6.31. The van der Waals surface area contributed by atoms with E-state index in [1.807, 2.05) is 13.0 Å². The van der Waals surface area contributed by atoms with Gasteiger partial charge in [0.2, 0.25) is 0 Å². The van der Waals surface area contributed by atoms with Crippen LogP contribution in [0.3, 0.4) is 0 Å². The lowest BCUT2D eigenvalue weighted by atomic mass is 10.0. The van der Waals surface area contributed by atoms with Gasteiger partial charge >= 0.3 is 6.18 Å². The van der Waals surface area contributed by atoms with Crippen molar-refractivity contribution in [2.75, 3.05) is 0 Å². The number of alkyl halides is 3. The van der Waals surface area contributed by atoms with Gasteiger partial charge in [0.25, 0.3) is 0 Å². The number of pyridine rings is 1. The molecule has 0 saturated heterocycles. The molecule has 1 aromatic heterocycles. The third-order valence-electron chi connectivity index (χ3n) is 3.11. The molecular weight excluding hydrogens is 303 g/mol. The van der Waals surface area contributed by atoms with Gasteiger partial charge in [-0.25, -0.2) is 5.43 Å². The van der Waals surface area contributed by atoms with Gasteiger partial charge in [-0.05, 0) is 36.2 Å². The molecule has 0 radical (unpaired) electrons. The number of nitrogens with one attached hydrogen (secondary N) is 1. The minimum Gasteiger partial charge on any atom is -0.271 e. The lowest BCUT2D eigenvalue weighted by Crippen LogP contribution is -2.29. The summed E-state index contributed by atoms with van der Waals surface area (Å²) < 4.78 is 37.6. The number of aromatic nitrogens is 1. The Morgan fingerprint density at radius 3 is 2.43 bits per heavy atom. The Hall–Kier alpha value is -1.63. The number of hydrogen-bond acceptors (Lipinski definition) is 3. The van der Waals surface area contributed by atoms with E-state index in [9.17, 15) is 13.2 Å². The summed E-state index contributed by atoms with van der Waals surface area (Å²) in [4.78, 5) is 3.84. The summed E-state index contributed by atoms with van der Waals surface area (Å²) in [5.41, 5.74) is 3.74. The van der Waals surface area contributed by atoms with E-state index in [0.29, 0.717) is 10.7 Å². The zero-order chi connectivity index (χ0) is 15.6. The van der Waals surface area contributed by atoms with Crippen molar-refractivity contribution in [1.29, 1.82) is 0 Å². The summed E-state index contributed by atoms with van der Waals surface area (Å²) >= 11 is 6.05. The molecule has 112 valence electrons. The van der Waals surface area contributed by atoms with Crippen molar-refractivity contribution < 1.29 is 13.2 Å². The number of rotatable bonds is 3. The van der Waals surface area contributed by atoms with Crippen LogP contribution in [0.2, 0.25) is 5.02 Å². The van der Waals surface area contributed by atoms with E-state index in [0.717, 1.165) is 23.4 Å². The van der Waals surface area contributed by atoms with E-state index in [1.165, 1.54) is 6.07 Å². The maximum atomic E-state index is 12.5. The number of hydrazine groups is 1. The van der Waals surface area contributed by atoms with Gasteiger partial charge in [0.1, 0.15) is 0 Å². The van der Waals surface area contributed by atoms with Crippen LogP contribution in [-0.2, 0) is 6.18 Å². The Morgan fingerprint density at radius 2 is 1.95 bits per heavy atom.